The number of rotatable bonds is 4. The fourth-order valence-corrected chi connectivity index (χ4v) is 3.64. The van der Waals surface area contributed by atoms with Crippen molar-refractivity contribution in [1.29, 1.82) is 0 Å². The van der Waals surface area contributed by atoms with Gasteiger partial charge in [0.1, 0.15) is 24.5 Å². The third-order valence-corrected chi connectivity index (χ3v) is 4.63. The molecule has 2 atom stereocenters. The number of carboxylic acid groups (broad SMARTS) is 1. The summed E-state index contributed by atoms with van der Waals surface area (Å²) < 4.78 is 55.6. The Balaban J connectivity index is 2.35. The van der Waals surface area contributed by atoms with Crippen molar-refractivity contribution in [2.24, 2.45) is 0 Å². The quantitative estimate of drug-likeness (QED) is 0.796. The second-order valence-electron chi connectivity index (χ2n) is 6.21. The largest absolute Gasteiger partial charge is 0.478 e. The topological polar surface area (TPSA) is 66.4 Å². The van der Waals surface area contributed by atoms with Gasteiger partial charge in [-0.15, -0.1) is 0 Å². The molecule has 1 aromatic carbocycles. The molecule has 0 aromatic heterocycles. The Labute approximate surface area is 146 Å². The van der Waals surface area contributed by atoms with E-state index in [1.807, 2.05) is 0 Å². The maximum atomic E-state index is 14.2. The Morgan fingerprint density at radius 3 is 2.62 bits per heavy atom. The van der Waals surface area contributed by atoms with Crippen LogP contribution in [0.25, 0.3) is 0 Å². The number of aliphatic carboxylic acids is 1. The summed E-state index contributed by atoms with van der Waals surface area (Å²) in [7, 11) is 0. The molecule has 1 aliphatic carbocycles. The number of Topliss-reactive ketones (excluding diaryl/α,β-unsaturated/α-hetero) is 1. The van der Waals surface area contributed by atoms with Gasteiger partial charge in [0.2, 0.25) is 0 Å². The van der Waals surface area contributed by atoms with Crippen LogP contribution in [0.5, 0.6) is 0 Å². The molecular weight excluding hydrogens is 354 g/mol. The fraction of sp³-hybridized carbons (Fsp3) is 0.333. The first-order valence-electron chi connectivity index (χ1n) is 7.94. The third-order valence-electron chi connectivity index (χ3n) is 4.63. The van der Waals surface area contributed by atoms with Gasteiger partial charge in [-0.25, -0.2) is 22.4 Å². The molecule has 0 radical (unpaired) electrons. The average molecular weight is 369 g/mol. The van der Waals surface area contributed by atoms with Crippen LogP contribution in [-0.4, -0.2) is 23.5 Å². The van der Waals surface area contributed by atoms with E-state index in [0.29, 0.717) is 11.8 Å². The van der Waals surface area contributed by atoms with E-state index in [9.17, 15) is 32.3 Å². The highest BCUT2D eigenvalue weighted by Crippen LogP contribution is 2.46. The highest BCUT2D eigenvalue weighted by atomic mass is 19.1. The Morgan fingerprint density at radius 2 is 2.04 bits per heavy atom. The lowest BCUT2D eigenvalue weighted by atomic mass is 9.77. The number of carboxylic acids is 1. The minimum atomic E-state index is -1.88. The maximum absolute atomic E-state index is 14.2. The van der Waals surface area contributed by atoms with E-state index in [1.165, 1.54) is 0 Å². The molecule has 0 fully saturated rings. The van der Waals surface area contributed by atoms with Gasteiger partial charge in [0.15, 0.2) is 5.78 Å². The minimum absolute atomic E-state index is 0.00787. The second-order valence-corrected chi connectivity index (χ2v) is 6.21. The van der Waals surface area contributed by atoms with Crippen LogP contribution in [0, 0.1) is 11.6 Å². The molecule has 1 unspecified atom stereocenters. The summed E-state index contributed by atoms with van der Waals surface area (Å²) in [4.78, 5) is 24.1. The lowest BCUT2D eigenvalue weighted by molar-refractivity contribution is -0.133. The van der Waals surface area contributed by atoms with Gasteiger partial charge < -0.3 is 10.4 Å². The number of hydrogen-bond donors (Lipinski definition) is 2. The van der Waals surface area contributed by atoms with Crippen LogP contribution in [0.15, 0.2) is 34.7 Å². The summed E-state index contributed by atoms with van der Waals surface area (Å²) in [5.74, 6) is -5.64. The molecule has 8 heteroatoms. The number of benzene rings is 1. The molecular formula is C18H15F4NO3. The van der Waals surface area contributed by atoms with Crippen molar-refractivity contribution in [3.05, 3.63) is 57.4 Å². The van der Waals surface area contributed by atoms with Crippen LogP contribution < -0.4 is 5.32 Å². The van der Waals surface area contributed by atoms with E-state index in [0.717, 1.165) is 13.0 Å². The Bertz CT molecular complexity index is 873. The standard InChI is InChI=1S/C18H15F4NO3/c1-7(20)14-9(4-8(21)5-10(14)22)15-16-11(2-3-13(16)24)23-12(6-19)17(15)18(25)26/h4-5,7,15,23H,2-3,6H2,1H3,(H,25,26)/t7-,15?/m0/s1. The molecule has 1 aliphatic heterocycles. The smallest absolute Gasteiger partial charge is 0.334 e. The highest BCUT2D eigenvalue weighted by molar-refractivity contribution is 6.04. The molecule has 3 rings (SSSR count). The normalized spacial score (nSPS) is 21.0. The van der Waals surface area contributed by atoms with Crippen molar-refractivity contribution in [3.8, 4) is 0 Å². The number of alkyl halides is 2. The summed E-state index contributed by atoms with van der Waals surface area (Å²) >= 11 is 0. The number of hydrogen-bond acceptors (Lipinski definition) is 3. The van der Waals surface area contributed by atoms with E-state index in [4.69, 9.17) is 0 Å². The summed E-state index contributed by atoms with van der Waals surface area (Å²) in [6.07, 6.45) is -1.61. The van der Waals surface area contributed by atoms with Crippen molar-refractivity contribution in [1.82, 2.24) is 5.32 Å². The molecule has 1 aromatic rings. The Hall–Kier alpha value is -2.64. The highest BCUT2D eigenvalue weighted by Gasteiger charge is 2.42. The van der Waals surface area contributed by atoms with Crippen LogP contribution in [0.4, 0.5) is 17.6 Å². The minimum Gasteiger partial charge on any atom is -0.478 e. The zero-order valence-electron chi connectivity index (χ0n) is 13.7. The number of dihydropyridines is 1. The Morgan fingerprint density at radius 1 is 1.35 bits per heavy atom. The number of carbonyl (C=O) groups is 2. The van der Waals surface area contributed by atoms with Gasteiger partial charge in [0.25, 0.3) is 0 Å². The van der Waals surface area contributed by atoms with Gasteiger partial charge in [-0.1, -0.05) is 0 Å². The molecule has 2 aliphatic rings. The molecule has 138 valence electrons. The predicted octanol–water partition coefficient (Wildman–Crippen LogP) is 3.61. The molecule has 0 spiro atoms. The number of halogens is 4. The molecule has 26 heavy (non-hydrogen) atoms. The van der Waals surface area contributed by atoms with Gasteiger partial charge in [-0.05, 0) is 25.0 Å². The van der Waals surface area contributed by atoms with Crippen molar-refractivity contribution in [3.63, 3.8) is 0 Å². The fourth-order valence-electron chi connectivity index (χ4n) is 3.64. The van der Waals surface area contributed by atoms with E-state index >= 15 is 0 Å². The zero-order chi connectivity index (χ0) is 19.2. The zero-order valence-corrected chi connectivity index (χ0v) is 13.7. The number of nitrogens with one attached hydrogen (secondary N) is 1. The summed E-state index contributed by atoms with van der Waals surface area (Å²) in [5, 5.41) is 12.2. The number of ketones is 1. The summed E-state index contributed by atoms with van der Waals surface area (Å²) in [6.45, 7) is -0.158. The van der Waals surface area contributed by atoms with Gasteiger partial charge in [-0.3, -0.25) is 4.79 Å². The predicted molar refractivity (Wildman–Crippen MR) is 83.7 cm³/mol. The first-order valence-corrected chi connectivity index (χ1v) is 7.94. The van der Waals surface area contributed by atoms with E-state index < -0.39 is 53.3 Å². The van der Waals surface area contributed by atoms with Crippen molar-refractivity contribution >= 4 is 11.8 Å². The average Bonchev–Trinajstić information content (AvgIpc) is 2.92. The molecule has 0 saturated carbocycles. The summed E-state index contributed by atoms with van der Waals surface area (Å²) in [6, 6.07) is 1.29. The van der Waals surface area contributed by atoms with Crippen LogP contribution >= 0.6 is 0 Å². The van der Waals surface area contributed by atoms with E-state index in [1.54, 1.807) is 0 Å². The Kier molecular flexibility index (Phi) is 4.60. The lowest BCUT2D eigenvalue weighted by Crippen LogP contribution is -2.31. The lowest BCUT2D eigenvalue weighted by Gasteiger charge is -2.30. The second kappa shape index (κ2) is 6.59. The van der Waals surface area contributed by atoms with Gasteiger partial charge in [0, 0.05) is 35.2 Å². The molecule has 0 bridgehead atoms. The molecule has 0 saturated heterocycles. The number of allylic oxidation sites excluding steroid dienone is 3. The third kappa shape index (κ3) is 2.79. The monoisotopic (exact) mass is 369 g/mol. The molecule has 2 N–H and O–H groups in total. The molecule has 0 amide bonds. The van der Waals surface area contributed by atoms with E-state index in [-0.39, 0.29) is 29.7 Å². The van der Waals surface area contributed by atoms with Gasteiger partial charge in [-0.2, -0.15) is 0 Å². The molecule has 1 heterocycles. The van der Waals surface area contributed by atoms with Crippen LogP contribution in [0.1, 0.15) is 43.0 Å². The van der Waals surface area contributed by atoms with Crippen LogP contribution in [0.3, 0.4) is 0 Å². The number of carbonyl (C=O) groups excluding carboxylic acids is 1. The van der Waals surface area contributed by atoms with Crippen molar-refractivity contribution < 1.29 is 32.3 Å². The van der Waals surface area contributed by atoms with Crippen molar-refractivity contribution in [2.45, 2.75) is 31.9 Å². The maximum Gasteiger partial charge on any atom is 0.334 e. The van der Waals surface area contributed by atoms with Crippen LogP contribution in [0.2, 0.25) is 0 Å². The van der Waals surface area contributed by atoms with Gasteiger partial charge >= 0.3 is 5.97 Å². The van der Waals surface area contributed by atoms with Crippen molar-refractivity contribution in [2.75, 3.05) is 6.67 Å². The molecule has 4 nitrogen and oxygen atoms in total. The SMILES string of the molecule is C[C@H](F)c1c(F)cc(F)cc1C1C(C(=O)O)=C(CF)NC2=C1C(=O)CC2. The van der Waals surface area contributed by atoms with Gasteiger partial charge in [0.05, 0.1) is 11.3 Å². The van der Waals surface area contributed by atoms with Crippen LogP contribution in [-0.2, 0) is 9.59 Å². The first kappa shape index (κ1) is 18.2. The summed E-state index contributed by atoms with van der Waals surface area (Å²) in [5.41, 5.74) is -1.41. The van der Waals surface area contributed by atoms with E-state index in [2.05, 4.69) is 5.32 Å². The first-order chi connectivity index (χ1) is 12.3.